The number of pyridine rings is 1. The zero-order valence-corrected chi connectivity index (χ0v) is 21.7. The molecule has 1 amide bonds. The Hall–Kier alpha value is -4.14. The lowest BCUT2D eigenvalue weighted by Gasteiger charge is -2.16. The fourth-order valence-corrected chi connectivity index (χ4v) is 4.16. The molecule has 0 saturated heterocycles. The monoisotopic (exact) mass is 497 g/mol. The second-order valence-electron chi connectivity index (χ2n) is 10.3. The van der Waals surface area contributed by atoms with E-state index < -0.39 is 0 Å². The Bertz CT molecular complexity index is 1420. The van der Waals surface area contributed by atoms with E-state index >= 15 is 0 Å². The van der Waals surface area contributed by atoms with Crippen LogP contribution in [0.15, 0.2) is 53.4 Å². The minimum Gasteiger partial charge on any atom is -0.341 e. The highest BCUT2D eigenvalue weighted by molar-refractivity contribution is 5.89. The minimum atomic E-state index is -0.375. The molecule has 1 saturated carbocycles. The normalized spacial score (nSPS) is 14.9. The molecule has 190 valence electrons. The summed E-state index contributed by atoms with van der Waals surface area (Å²) in [6, 6.07) is 11.7. The van der Waals surface area contributed by atoms with Gasteiger partial charge in [0.1, 0.15) is 18.0 Å². The molecule has 0 unspecified atom stereocenters. The van der Waals surface area contributed by atoms with Crippen LogP contribution in [0, 0.1) is 6.92 Å². The van der Waals surface area contributed by atoms with E-state index in [9.17, 15) is 4.79 Å². The molecule has 1 atom stereocenters. The number of carbonyl (C=O) groups excluding carboxylic acids is 1. The molecule has 3 heterocycles. The number of carbonyl (C=O) groups is 1. The van der Waals surface area contributed by atoms with Crippen LogP contribution in [0.1, 0.15) is 85.7 Å². The molecule has 0 aliphatic heterocycles. The third-order valence-electron chi connectivity index (χ3n) is 6.92. The highest BCUT2D eigenvalue weighted by Gasteiger charge is 2.44. The standard InChI is InChI=1S/C28H31N7O2/c1-16(2)20-7-9-23(29-14-20)33-24-13-22(30-15-31-24)19-6-8-21(17(3)12-19)18(4)32-25(36)26-34-27(35-37-26)28(5)10-11-28/h6-9,12-16,18H,10-11H2,1-5H3,(H,32,36)(H,29,30,31,33)/t18-/m1/s1. The number of hydrogen-bond donors (Lipinski definition) is 2. The van der Waals surface area contributed by atoms with E-state index in [1.54, 1.807) is 0 Å². The van der Waals surface area contributed by atoms with Gasteiger partial charge in [0.05, 0.1) is 11.7 Å². The Morgan fingerprint density at radius 2 is 1.84 bits per heavy atom. The number of hydrogen-bond acceptors (Lipinski definition) is 8. The zero-order valence-electron chi connectivity index (χ0n) is 21.7. The molecule has 9 heteroatoms. The summed E-state index contributed by atoms with van der Waals surface area (Å²) in [6.07, 6.45) is 5.44. The van der Waals surface area contributed by atoms with Gasteiger partial charge in [-0.2, -0.15) is 4.98 Å². The van der Waals surface area contributed by atoms with Crippen LogP contribution in [0.3, 0.4) is 0 Å². The van der Waals surface area contributed by atoms with Gasteiger partial charge in [-0.1, -0.05) is 44.1 Å². The third kappa shape index (κ3) is 5.35. The van der Waals surface area contributed by atoms with Gasteiger partial charge in [0.25, 0.3) is 0 Å². The summed E-state index contributed by atoms with van der Waals surface area (Å²) < 4.78 is 5.21. The minimum absolute atomic E-state index is 0.00130. The van der Waals surface area contributed by atoms with Crippen LogP contribution < -0.4 is 10.6 Å². The first-order chi connectivity index (χ1) is 17.7. The van der Waals surface area contributed by atoms with Gasteiger partial charge in [-0.05, 0) is 61.4 Å². The molecule has 0 bridgehead atoms. The number of nitrogens with one attached hydrogen (secondary N) is 2. The second-order valence-corrected chi connectivity index (χ2v) is 10.3. The molecule has 3 aromatic heterocycles. The molecular weight excluding hydrogens is 466 g/mol. The van der Waals surface area contributed by atoms with Crippen LogP contribution >= 0.6 is 0 Å². The number of anilines is 2. The summed E-state index contributed by atoms with van der Waals surface area (Å²) in [5.74, 6) is 2.05. The highest BCUT2D eigenvalue weighted by Crippen LogP contribution is 2.45. The lowest BCUT2D eigenvalue weighted by molar-refractivity contribution is 0.0895. The van der Waals surface area contributed by atoms with Crippen LogP contribution in [-0.4, -0.2) is 31.0 Å². The van der Waals surface area contributed by atoms with Gasteiger partial charge in [0, 0.05) is 23.2 Å². The van der Waals surface area contributed by atoms with E-state index in [1.807, 2.05) is 44.3 Å². The van der Waals surface area contributed by atoms with Crippen LogP contribution in [0.4, 0.5) is 11.6 Å². The number of nitrogens with zero attached hydrogens (tertiary/aromatic N) is 5. The smallest absolute Gasteiger partial charge is 0.315 e. The summed E-state index contributed by atoms with van der Waals surface area (Å²) in [4.78, 5) is 30.3. The van der Waals surface area contributed by atoms with Gasteiger partial charge >= 0.3 is 11.8 Å². The number of aryl methyl sites for hydroxylation is 1. The van der Waals surface area contributed by atoms with Crippen molar-refractivity contribution in [2.24, 2.45) is 0 Å². The van der Waals surface area contributed by atoms with Crippen molar-refractivity contribution in [2.45, 2.75) is 64.8 Å². The van der Waals surface area contributed by atoms with Crippen molar-refractivity contribution in [2.75, 3.05) is 5.32 Å². The predicted molar refractivity (Wildman–Crippen MR) is 141 cm³/mol. The first kappa shape index (κ1) is 24.5. The van der Waals surface area contributed by atoms with Gasteiger partial charge in [0.2, 0.25) is 0 Å². The Labute approximate surface area is 216 Å². The van der Waals surface area contributed by atoms with Gasteiger partial charge in [-0.3, -0.25) is 4.79 Å². The quantitative estimate of drug-likeness (QED) is 0.321. The lowest BCUT2D eigenvalue weighted by atomic mass is 9.98. The predicted octanol–water partition coefficient (Wildman–Crippen LogP) is 5.64. The van der Waals surface area contributed by atoms with Crippen molar-refractivity contribution in [1.82, 2.24) is 30.4 Å². The van der Waals surface area contributed by atoms with Crippen LogP contribution in [-0.2, 0) is 5.41 Å². The van der Waals surface area contributed by atoms with Crippen molar-refractivity contribution in [3.63, 3.8) is 0 Å². The Morgan fingerprint density at radius 3 is 2.51 bits per heavy atom. The van der Waals surface area contributed by atoms with Gasteiger partial charge in [-0.15, -0.1) is 0 Å². The average Bonchev–Trinajstić information content (AvgIpc) is 3.42. The molecule has 2 N–H and O–H groups in total. The van der Waals surface area contributed by atoms with Gasteiger partial charge in [0.15, 0.2) is 5.82 Å². The maximum absolute atomic E-state index is 12.7. The first-order valence-electron chi connectivity index (χ1n) is 12.5. The topological polar surface area (TPSA) is 119 Å². The van der Waals surface area contributed by atoms with Crippen molar-refractivity contribution in [3.8, 4) is 11.3 Å². The fourth-order valence-electron chi connectivity index (χ4n) is 4.16. The van der Waals surface area contributed by atoms with Crippen molar-refractivity contribution in [1.29, 1.82) is 0 Å². The van der Waals surface area contributed by atoms with Crippen LogP contribution in [0.25, 0.3) is 11.3 Å². The maximum atomic E-state index is 12.7. The van der Waals surface area contributed by atoms with E-state index in [-0.39, 0.29) is 23.3 Å². The van der Waals surface area contributed by atoms with E-state index in [2.05, 4.69) is 68.6 Å². The summed E-state index contributed by atoms with van der Waals surface area (Å²) in [7, 11) is 0. The Kier molecular flexibility index (Phi) is 6.45. The number of aromatic nitrogens is 5. The van der Waals surface area contributed by atoms with Crippen molar-refractivity contribution < 1.29 is 9.32 Å². The molecule has 0 radical (unpaired) electrons. The first-order valence-corrected chi connectivity index (χ1v) is 12.5. The third-order valence-corrected chi connectivity index (χ3v) is 6.92. The average molecular weight is 498 g/mol. The van der Waals surface area contributed by atoms with E-state index in [1.165, 1.54) is 11.9 Å². The maximum Gasteiger partial charge on any atom is 0.315 e. The fraction of sp³-hybridized carbons (Fsp3) is 0.357. The largest absolute Gasteiger partial charge is 0.341 e. The van der Waals surface area contributed by atoms with Crippen molar-refractivity contribution in [3.05, 3.63) is 77.3 Å². The number of rotatable bonds is 8. The van der Waals surface area contributed by atoms with E-state index in [4.69, 9.17) is 4.52 Å². The summed E-state index contributed by atoms with van der Waals surface area (Å²) >= 11 is 0. The molecular formula is C28H31N7O2. The number of amides is 1. The molecule has 0 spiro atoms. The molecule has 37 heavy (non-hydrogen) atoms. The Balaban J connectivity index is 1.27. The Morgan fingerprint density at radius 1 is 1.03 bits per heavy atom. The summed E-state index contributed by atoms with van der Waals surface area (Å²) in [5, 5.41) is 10.2. The molecule has 9 nitrogen and oxygen atoms in total. The summed E-state index contributed by atoms with van der Waals surface area (Å²) in [6.45, 7) is 10.3. The van der Waals surface area contributed by atoms with E-state index in [0.717, 1.165) is 41.0 Å². The SMILES string of the molecule is Cc1cc(-c2cc(Nc3ccc(C(C)C)cn3)ncn2)ccc1[C@@H](C)NC(=O)c1nc(C2(C)CC2)no1. The lowest BCUT2D eigenvalue weighted by Crippen LogP contribution is -2.27. The number of benzene rings is 1. The molecule has 1 aliphatic rings. The molecule has 4 aromatic rings. The second kappa shape index (κ2) is 9.72. The molecule has 1 fully saturated rings. The highest BCUT2D eigenvalue weighted by atomic mass is 16.5. The van der Waals surface area contributed by atoms with Gasteiger partial charge in [-0.25, -0.2) is 15.0 Å². The zero-order chi connectivity index (χ0) is 26.2. The van der Waals surface area contributed by atoms with Gasteiger partial charge < -0.3 is 15.2 Å². The molecule has 1 aromatic carbocycles. The van der Waals surface area contributed by atoms with E-state index in [0.29, 0.717) is 17.6 Å². The van der Waals surface area contributed by atoms with Crippen molar-refractivity contribution >= 4 is 17.5 Å². The molecule has 5 rings (SSSR count). The van der Waals surface area contributed by atoms with Crippen LogP contribution in [0.5, 0.6) is 0 Å². The van der Waals surface area contributed by atoms with Crippen LogP contribution in [0.2, 0.25) is 0 Å². The summed E-state index contributed by atoms with van der Waals surface area (Å²) in [5.41, 5.74) is 4.89. The molecule has 1 aliphatic carbocycles.